The van der Waals surface area contributed by atoms with Gasteiger partial charge in [-0.3, -0.25) is 19.7 Å². The van der Waals surface area contributed by atoms with Gasteiger partial charge in [0.05, 0.1) is 4.92 Å². The van der Waals surface area contributed by atoms with E-state index in [1.54, 1.807) is 24.3 Å². The summed E-state index contributed by atoms with van der Waals surface area (Å²) >= 11 is 0. The molecular weight excluding hydrogens is 286 g/mol. The number of carbonyl (C=O) groups excluding carboxylic acids is 2. The lowest BCUT2D eigenvalue weighted by atomic mass is 10.1. The Morgan fingerprint density at radius 2 is 1.41 bits per heavy atom. The van der Waals surface area contributed by atoms with Crippen LogP contribution in [0.15, 0.2) is 48.5 Å². The molecule has 0 fully saturated rings. The monoisotopic (exact) mass is 299 g/mol. The van der Waals surface area contributed by atoms with E-state index in [0.717, 1.165) is 0 Å². The van der Waals surface area contributed by atoms with Crippen molar-refractivity contribution in [3.8, 4) is 0 Å². The molecule has 7 nitrogen and oxygen atoms in total. The van der Waals surface area contributed by atoms with Gasteiger partial charge >= 0.3 is 0 Å². The second-order valence-corrected chi connectivity index (χ2v) is 4.41. The molecule has 0 atom stereocenters. The average Bonchev–Trinajstić information content (AvgIpc) is 2.54. The zero-order valence-corrected chi connectivity index (χ0v) is 11.7. The predicted molar refractivity (Wildman–Crippen MR) is 80.9 cm³/mol. The Bertz CT molecular complexity index is 709. The minimum atomic E-state index is -0.529. The van der Waals surface area contributed by atoms with Gasteiger partial charge in [0, 0.05) is 36.0 Å². The largest absolute Gasteiger partial charge is 0.355 e. The Morgan fingerprint density at radius 1 is 0.909 bits per heavy atom. The summed E-state index contributed by atoms with van der Waals surface area (Å²) in [6, 6.07) is 11.7. The number of carbonyl (C=O) groups is 2. The first-order chi connectivity index (χ1) is 10.5. The molecule has 0 aliphatic carbocycles. The van der Waals surface area contributed by atoms with Gasteiger partial charge in [-0.15, -0.1) is 0 Å². The number of hydrogen-bond acceptors (Lipinski definition) is 4. The van der Waals surface area contributed by atoms with Crippen molar-refractivity contribution >= 4 is 23.2 Å². The van der Waals surface area contributed by atoms with Gasteiger partial charge in [0.1, 0.15) is 0 Å². The second-order valence-electron chi connectivity index (χ2n) is 4.41. The van der Waals surface area contributed by atoms with Gasteiger partial charge < -0.3 is 10.6 Å². The minimum absolute atomic E-state index is 0.0773. The van der Waals surface area contributed by atoms with E-state index >= 15 is 0 Å². The maximum Gasteiger partial charge on any atom is 0.269 e. The predicted octanol–water partition coefficient (Wildman–Crippen LogP) is 2.21. The van der Waals surface area contributed by atoms with Gasteiger partial charge in [0.15, 0.2) is 0 Å². The zero-order valence-electron chi connectivity index (χ0n) is 11.7. The fourth-order valence-electron chi connectivity index (χ4n) is 1.79. The van der Waals surface area contributed by atoms with Gasteiger partial charge in [-0.05, 0) is 36.4 Å². The van der Waals surface area contributed by atoms with Crippen molar-refractivity contribution in [1.29, 1.82) is 0 Å². The van der Waals surface area contributed by atoms with Crippen molar-refractivity contribution in [3.63, 3.8) is 0 Å². The molecular formula is C15H13N3O4. The number of nitro groups is 1. The second kappa shape index (κ2) is 6.49. The highest BCUT2D eigenvalue weighted by Gasteiger charge is 2.10. The van der Waals surface area contributed by atoms with E-state index < -0.39 is 4.92 Å². The van der Waals surface area contributed by atoms with Crippen molar-refractivity contribution in [2.75, 3.05) is 12.4 Å². The third-order valence-electron chi connectivity index (χ3n) is 2.97. The molecule has 2 amide bonds. The molecule has 2 N–H and O–H groups in total. The molecule has 0 aliphatic rings. The summed E-state index contributed by atoms with van der Waals surface area (Å²) in [5.41, 5.74) is 1.24. The number of hydrogen-bond donors (Lipinski definition) is 2. The van der Waals surface area contributed by atoms with Crippen LogP contribution in [0.3, 0.4) is 0 Å². The molecule has 0 unspecified atom stereocenters. The minimum Gasteiger partial charge on any atom is -0.355 e. The molecule has 112 valence electrons. The van der Waals surface area contributed by atoms with E-state index in [1.165, 1.54) is 31.3 Å². The fraction of sp³-hybridized carbons (Fsp3) is 0.0667. The summed E-state index contributed by atoms with van der Waals surface area (Å²) in [6.45, 7) is 0. The topological polar surface area (TPSA) is 101 Å². The Morgan fingerprint density at radius 3 is 1.91 bits per heavy atom. The van der Waals surface area contributed by atoms with Crippen LogP contribution in [0.5, 0.6) is 0 Å². The molecule has 0 heterocycles. The maximum absolute atomic E-state index is 12.0. The standard InChI is InChI=1S/C15H13N3O4/c1-16-14(19)10-2-6-12(7-3-10)17-15(20)11-4-8-13(9-5-11)18(21)22/h2-9H,1H3,(H,16,19)(H,17,20). The molecule has 0 bridgehead atoms. The summed E-state index contributed by atoms with van der Waals surface area (Å²) in [7, 11) is 1.53. The van der Waals surface area contributed by atoms with Gasteiger partial charge in [0.2, 0.25) is 0 Å². The Balaban J connectivity index is 2.08. The van der Waals surface area contributed by atoms with E-state index in [4.69, 9.17) is 0 Å². The Labute approximate surface area is 126 Å². The Kier molecular flexibility index (Phi) is 4.47. The van der Waals surface area contributed by atoms with Gasteiger partial charge in [-0.25, -0.2) is 0 Å². The van der Waals surface area contributed by atoms with E-state index in [9.17, 15) is 19.7 Å². The van der Waals surface area contributed by atoms with Crippen molar-refractivity contribution in [1.82, 2.24) is 5.32 Å². The van der Waals surface area contributed by atoms with Crippen LogP contribution in [0.2, 0.25) is 0 Å². The molecule has 0 spiro atoms. The van der Waals surface area contributed by atoms with Crippen LogP contribution in [0.1, 0.15) is 20.7 Å². The lowest BCUT2D eigenvalue weighted by Gasteiger charge is -2.06. The maximum atomic E-state index is 12.0. The molecule has 0 radical (unpaired) electrons. The van der Waals surface area contributed by atoms with Crippen molar-refractivity contribution < 1.29 is 14.5 Å². The lowest BCUT2D eigenvalue weighted by Crippen LogP contribution is -2.17. The number of nitrogens with one attached hydrogen (secondary N) is 2. The SMILES string of the molecule is CNC(=O)c1ccc(NC(=O)c2ccc([N+](=O)[O-])cc2)cc1. The van der Waals surface area contributed by atoms with Crippen molar-refractivity contribution in [2.24, 2.45) is 0 Å². The van der Waals surface area contributed by atoms with Crippen LogP contribution in [0.4, 0.5) is 11.4 Å². The molecule has 2 rings (SSSR count). The summed E-state index contributed by atoms with van der Waals surface area (Å²) in [4.78, 5) is 33.4. The highest BCUT2D eigenvalue weighted by Crippen LogP contribution is 2.14. The summed E-state index contributed by atoms with van der Waals surface area (Å²) in [6.07, 6.45) is 0. The first-order valence-electron chi connectivity index (χ1n) is 6.39. The highest BCUT2D eigenvalue weighted by molar-refractivity contribution is 6.04. The zero-order chi connectivity index (χ0) is 16.1. The third-order valence-corrected chi connectivity index (χ3v) is 2.97. The third kappa shape index (κ3) is 3.45. The lowest BCUT2D eigenvalue weighted by molar-refractivity contribution is -0.384. The fourth-order valence-corrected chi connectivity index (χ4v) is 1.79. The average molecular weight is 299 g/mol. The van der Waals surface area contributed by atoms with E-state index in [0.29, 0.717) is 16.8 Å². The molecule has 0 aliphatic heterocycles. The van der Waals surface area contributed by atoms with E-state index in [1.807, 2.05) is 0 Å². The normalized spacial score (nSPS) is 9.86. The quantitative estimate of drug-likeness (QED) is 0.667. The number of amides is 2. The van der Waals surface area contributed by atoms with Crippen LogP contribution in [0, 0.1) is 10.1 Å². The first-order valence-corrected chi connectivity index (χ1v) is 6.39. The van der Waals surface area contributed by atoms with Crippen LogP contribution in [-0.4, -0.2) is 23.8 Å². The highest BCUT2D eigenvalue weighted by atomic mass is 16.6. The summed E-state index contributed by atoms with van der Waals surface area (Å²) < 4.78 is 0. The number of nitrogens with zero attached hydrogens (tertiary/aromatic N) is 1. The number of benzene rings is 2. The molecule has 0 aromatic heterocycles. The van der Waals surface area contributed by atoms with Crippen LogP contribution >= 0.6 is 0 Å². The smallest absolute Gasteiger partial charge is 0.269 e. The molecule has 7 heteroatoms. The van der Waals surface area contributed by atoms with Crippen molar-refractivity contribution in [2.45, 2.75) is 0 Å². The molecule has 0 saturated carbocycles. The number of nitro benzene ring substituents is 1. The van der Waals surface area contributed by atoms with Gasteiger partial charge in [0.25, 0.3) is 17.5 Å². The van der Waals surface area contributed by atoms with Crippen LogP contribution < -0.4 is 10.6 Å². The molecule has 0 saturated heterocycles. The summed E-state index contributed by atoms with van der Waals surface area (Å²) in [5.74, 6) is -0.601. The molecule has 22 heavy (non-hydrogen) atoms. The molecule has 2 aromatic carbocycles. The Hall–Kier alpha value is -3.22. The molecule has 2 aromatic rings. The summed E-state index contributed by atoms with van der Waals surface area (Å²) in [5, 5.41) is 15.7. The van der Waals surface area contributed by atoms with Crippen molar-refractivity contribution in [3.05, 3.63) is 69.8 Å². The van der Waals surface area contributed by atoms with Crippen LogP contribution in [0.25, 0.3) is 0 Å². The number of anilines is 1. The van der Waals surface area contributed by atoms with Crippen LogP contribution in [-0.2, 0) is 0 Å². The van der Waals surface area contributed by atoms with E-state index in [2.05, 4.69) is 10.6 Å². The number of non-ortho nitro benzene ring substituents is 1. The first kappa shape index (κ1) is 15.2. The van der Waals surface area contributed by atoms with Gasteiger partial charge in [-0.2, -0.15) is 0 Å². The number of rotatable bonds is 4. The van der Waals surface area contributed by atoms with Gasteiger partial charge in [-0.1, -0.05) is 0 Å². The van der Waals surface area contributed by atoms with E-state index in [-0.39, 0.29) is 17.5 Å².